The molecule has 0 unspecified atom stereocenters. The van der Waals surface area contributed by atoms with Crippen molar-refractivity contribution >= 4 is 5.91 Å². The summed E-state index contributed by atoms with van der Waals surface area (Å²) < 4.78 is 11.8. The van der Waals surface area contributed by atoms with Gasteiger partial charge in [0.25, 0.3) is 5.91 Å². The zero-order valence-corrected chi connectivity index (χ0v) is 14.6. The Labute approximate surface area is 138 Å². The Hall–Kier alpha value is -1.71. The number of hydrogen-bond acceptors (Lipinski definition) is 3. The third-order valence-corrected chi connectivity index (χ3v) is 4.63. The second kappa shape index (κ2) is 6.06. The number of carbonyl (C=O) groups is 1. The first-order chi connectivity index (χ1) is 10.8. The van der Waals surface area contributed by atoms with Crippen molar-refractivity contribution in [2.45, 2.75) is 46.1 Å². The molecular weight excluding hydrogens is 290 g/mol. The van der Waals surface area contributed by atoms with Gasteiger partial charge in [-0.05, 0) is 38.2 Å². The number of amides is 1. The lowest BCUT2D eigenvalue weighted by Gasteiger charge is -2.34. The highest BCUT2D eigenvalue weighted by molar-refractivity contribution is 5.78. The molecule has 0 aliphatic carbocycles. The van der Waals surface area contributed by atoms with Crippen molar-refractivity contribution in [1.29, 1.82) is 0 Å². The van der Waals surface area contributed by atoms with Crippen molar-refractivity contribution < 1.29 is 14.3 Å². The minimum Gasteiger partial charge on any atom is -0.483 e. The number of benzene rings is 1. The minimum absolute atomic E-state index is 0.0678. The predicted molar refractivity (Wildman–Crippen MR) is 89.9 cm³/mol. The van der Waals surface area contributed by atoms with E-state index in [1.165, 1.54) is 6.42 Å². The van der Waals surface area contributed by atoms with Crippen molar-refractivity contribution in [2.24, 2.45) is 11.8 Å². The maximum Gasteiger partial charge on any atom is 0.260 e. The van der Waals surface area contributed by atoms with Gasteiger partial charge >= 0.3 is 0 Å². The van der Waals surface area contributed by atoms with Gasteiger partial charge in [-0.1, -0.05) is 26.0 Å². The molecule has 1 aromatic rings. The summed E-state index contributed by atoms with van der Waals surface area (Å²) in [6.45, 7) is 10.3. The van der Waals surface area contributed by atoms with Crippen LogP contribution >= 0.6 is 0 Å². The van der Waals surface area contributed by atoms with Gasteiger partial charge in [-0.3, -0.25) is 4.79 Å². The van der Waals surface area contributed by atoms with Crippen LogP contribution < -0.4 is 9.47 Å². The predicted octanol–water partition coefficient (Wildman–Crippen LogP) is 3.28. The van der Waals surface area contributed by atoms with Crippen LogP contribution in [0, 0.1) is 11.8 Å². The van der Waals surface area contributed by atoms with Crippen LogP contribution in [-0.4, -0.2) is 36.1 Å². The summed E-state index contributed by atoms with van der Waals surface area (Å²) in [6.07, 6.45) is 2.06. The summed E-state index contributed by atoms with van der Waals surface area (Å²) in [4.78, 5) is 14.4. The average molecular weight is 317 g/mol. The van der Waals surface area contributed by atoms with E-state index in [0.717, 1.165) is 30.8 Å². The lowest BCUT2D eigenvalue weighted by atomic mass is 9.92. The van der Waals surface area contributed by atoms with Crippen molar-refractivity contribution in [2.75, 3.05) is 19.7 Å². The Morgan fingerprint density at radius 3 is 2.70 bits per heavy atom. The molecule has 126 valence electrons. The molecule has 2 heterocycles. The van der Waals surface area contributed by atoms with Gasteiger partial charge < -0.3 is 14.4 Å². The van der Waals surface area contributed by atoms with Gasteiger partial charge in [0.15, 0.2) is 18.1 Å². The van der Waals surface area contributed by atoms with Gasteiger partial charge in [-0.2, -0.15) is 0 Å². The highest BCUT2D eigenvalue weighted by Crippen LogP contribution is 2.41. The summed E-state index contributed by atoms with van der Waals surface area (Å²) >= 11 is 0. The van der Waals surface area contributed by atoms with Crippen LogP contribution in [0.3, 0.4) is 0 Å². The normalized spacial score (nSPS) is 25.7. The number of hydrogen-bond donors (Lipinski definition) is 0. The van der Waals surface area contributed by atoms with E-state index >= 15 is 0 Å². The van der Waals surface area contributed by atoms with Gasteiger partial charge in [0.05, 0.1) is 0 Å². The lowest BCUT2D eigenvalue weighted by molar-refractivity contribution is -0.136. The molecule has 0 radical (unpaired) electrons. The molecule has 0 saturated carbocycles. The fraction of sp³-hybridized carbons (Fsp3) is 0.632. The molecule has 1 aromatic carbocycles. The van der Waals surface area contributed by atoms with Crippen LogP contribution in [0.5, 0.6) is 11.5 Å². The maximum absolute atomic E-state index is 12.5. The van der Waals surface area contributed by atoms with E-state index in [2.05, 4.69) is 33.8 Å². The molecule has 2 aliphatic rings. The Bertz CT molecular complexity index is 586. The number of para-hydroxylation sites is 1. The summed E-state index contributed by atoms with van der Waals surface area (Å²) in [6, 6.07) is 5.91. The van der Waals surface area contributed by atoms with E-state index < -0.39 is 0 Å². The van der Waals surface area contributed by atoms with E-state index in [1.807, 2.05) is 17.0 Å². The molecular formula is C19H27NO3. The first-order valence-corrected chi connectivity index (χ1v) is 8.55. The van der Waals surface area contributed by atoms with Crippen LogP contribution in [0.4, 0.5) is 0 Å². The van der Waals surface area contributed by atoms with Crippen LogP contribution in [0.2, 0.25) is 0 Å². The zero-order valence-electron chi connectivity index (χ0n) is 14.6. The zero-order chi connectivity index (χ0) is 16.6. The number of piperidine rings is 1. The van der Waals surface area contributed by atoms with Gasteiger partial charge in [-0.25, -0.2) is 0 Å². The molecule has 4 heteroatoms. The van der Waals surface area contributed by atoms with E-state index in [4.69, 9.17) is 9.47 Å². The molecule has 2 atom stereocenters. The third kappa shape index (κ3) is 3.62. The monoisotopic (exact) mass is 317 g/mol. The summed E-state index contributed by atoms with van der Waals surface area (Å²) in [5, 5.41) is 0. The standard InChI is InChI=1S/C19H27NO3/c1-13-8-14(2)11-20(10-13)17(21)12-22-16-7-5-6-15-9-19(3,4)23-18(15)16/h5-7,13-14H,8-12H2,1-4H3/t13-,14+. The van der Waals surface area contributed by atoms with E-state index in [-0.39, 0.29) is 18.1 Å². The van der Waals surface area contributed by atoms with Crippen molar-refractivity contribution in [1.82, 2.24) is 4.90 Å². The summed E-state index contributed by atoms with van der Waals surface area (Å²) in [7, 11) is 0. The van der Waals surface area contributed by atoms with Crippen molar-refractivity contribution in [3.05, 3.63) is 23.8 Å². The van der Waals surface area contributed by atoms with Crippen molar-refractivity contribution in [3.8, 4) is 11.5 Å². The first kappa shape index (κ1) is 16.2. The molecule has 4 nitrogen and oxygen atoms in total. The van der Waals surface area contributed by atoms with Crippen molar-refractivity contribution in [3.63, 3.8) is 0 Å². The fourth-order valence-electron chi connectivity index (χ4n) is 3.80. The summed E-state index contributed by atoms with van der Waals surface area (Å²) in [5.74, 6) is 2.67. The third-order valence-electron chi connectivity index (χ3n) is 4.63. The molecule has 0 bridgehead atoms. The number of rotatable bonds is 3. The number of fused-ring (bicyclic) bond motifs is 1. The molecule has 1 saturated heterocycles. The lowest BCUT2D eigenvalue weighted by Crippen LogP contribution is -2.44. The van der Waals surface area contributed by atoms with Crippen LogP contribution in [0.1, 0.15) is 39.7 Å². The minimum atomic E-state index is -0.205. The number of carbonyl (C=O) groups excluding carboxylic acids is 1. The highest BCUT2D eigenvalue weighted by atomic mass is 16.5. The van der Waals surface area contributed by atoms with E-state index in [9.17, 15) is 4.79 Å². The quantitative estimate of drug-likeness (QED) is 0.859. The smallest absolute Gasteiger partial charge is 0.260 e. The Morgan fingerprint density at radius 2 is 2.00 bits per heavy atom. The number of nitrogens with zero attached hydrogens (tertiary/aromatic N) is 1. The molecule has 23 heavy (non-hydrogen) atoms. The van der Waals surface area contributed by atoms with Crippen LogP contribution in [0.15, 0.2) is 18.2 Å². The number of ether oxygens (including phenoxy) is 2. The highest BCUT2D eigenvalue weighted by Gasteiger charge is 2.32. The van der Waals surface area contributed by atoms with Gasteiger partial charge in [-0.15, -0.1) is 0 Å². The first-order valence-electron chi connectivity index (χ1n) is 8.55. The fourth-order valence-corrected chi connectivity index (χ4v) is 3.80. The second-order valence-corrected chi connectivity index (χ2v) is 7.82. The Kier molecular flexibility index (Phi) is 4.26. The summed E-state index contributed by atoms with van der Waals surface area (Å²) in [5.41, 5.74) is 0.948. The number of likely N-dealkylation sites (tertiary alicyclic amines) is 1. The van der Waals surface area contributed by atoms with E-state index in [0.29, 0.717) is 17.6 Å². The van der Waals surface area contributed by atoms with Gasteiger partial charge in [0.2, 0.25) is 0 Å². The molecule has 0 N–H and O–H groups in total. The topological polar surface area (TPSA) is 38.8 Å². The van der Waals surface area contributed by atoms with Gasteiger partial charge in [0, 0.05) is 25.1 Å². The Morgan fingerprint density at radius 1 is 1.30 bits per heavy atom. The molecule has 2 aliphatic heterocycles. The van der Waals surface area contributed by atoms with E-state index in [1.54, 1.807) is 0 Å². The average Bonchev–Trinajstić information content (AvgIpc) is 2.78. The molecule has 1 amide bonds. The second-order valence-electron chi connectivity index (χ2n) is 7.82. The maximum atomic E-state index is 12.5. The van der Waals surface area contributed by atoms with Crippen LogP contribution in [0.25, 0.3) is 0 Å². The van der Waals surface area contributed by atoms with Crippen LogP contribution in [-0.2, 0) is 11.2 Å². The molecule has 0 aromatic heterocycles. The molecule has 1 fully saturated rings. The largest absolute Gasteiger partial charge is 0.483 e. The SMILES string of the molecule is C[C@@H]1C[C@H](C)CN(C(=O)COc2cccc3c2OC(C)(C)C3)C1. The van der Waals surface area contributed by atoms with Gasteiger partial charge in [0.1, 0.15) is 5.60 Å². The Balaban J connectivity index is 1.63. The molecule has 3 rings (SSSR count). The molecule has 0 spiro atoms.